The summed E-state index contributed by atoms with van der Waals surface area (Å²) in [5, 5.41) is 0. The molecule has 2 aromatic rings. The number of pyridine rings is 1. The lowest BCUT2D eigenvalue weighted by Gasteiger charge is -2.08. The molecule has 1 aromatic heterocycles. The minimum absolute atomic E-state index is 0.0739. The highest BCUT2D eigenvalue weighted by Crippen LogP contribution is 2.10. The van der Waals surface area contributed by atoms with E-state index in [9.17, 15) is 4.79 Å². The fourth-order valence-corrected chi connectivity index (χ4v) is 1.69. The molecule has 0 bridgehead atoms. The first kappa shape index (κ1) is 12.4. The molecule has 0 spiro atoms. The molecule has 0 N–H and O–H groups in total. The molecule has 0 unspecified atom stereocenters. The number of hydrogen-bond donors (Lipinski definition) is 0. The van der Waals surface area contributed by atoms with Crippen molar-refractivity contribution >= 4 is 0 Å². The first-order chi connectivity index (χ1) is 8.81. The van der Waals surface area contributed by atoms with Gasteiger partial charge in [-0.05, 0) is 24.6 Å². The summed E-state index contributed by atoms with van der Waals surface area (Å²) in [7, 11) is 0. The van der Waals surface area contributed by atoms with Crippen LogP contribution in [0.4, 0.5) is 0 Å². The molecule has 1 heterocycles. The Labute approximate surface area is 107 Å². The molecule has 3 heteroatoms. The van der Waals surface area contributed by atoms with Gasteiger partial charge in [0.2, 0.25) is 0 Å². The van der Waals surface area contributed by atoms with Gasteiger partial charge >= 0.3 is 0 Å². The van der Waals surface area contributed by atoms with Gasteiger partial charge in [0.05, 0.1) is 6.61 Å². The van der Waals surface area contributed by atoms with Gasteiger partial charge in [0, 0.05) is 18.0 Å². The Bertz CT molecular complexity index is 546. The predicted octanol–water partition coefficient (Wildman–Crippen LogP) is 3.02. The second-order valence-electron chi connectivity index (χ2n) is 4.11. The predicted molar refractivity (Wildman–Crippen MR) is 72.4 cm³/mol. The van der Waals surface area contributed by atoms with Crippen LogP contribution in [-0.2, 0) is 0 Å². The quantitative estimate of drug-likeness (QED) is 0.756. The van der Waals surface area contributed by atoms with Crippen LogP contribution in [0.5, 0.6) is 5.75 Å². The molecule has 0 radical (unpaired) electrons. The second kappa shape index (κ2) is 6.05. The Kier molecular flexibility index (Phi) is 4.18. The Hall–Kier alpha value is -2.03. The van der Waals surface area contributed by atoms with E-state index in [4.69, 9.17) is 4.74 Å². The van der Waals surface area contributed by atoms with E-state index >= 15 is 0 Å². The highest BCUT2D eigenvalue weighted by atomic mass is 16.5. The summed E-state index contributed by atoms with van der Waals surface area (Å²) < 4.78 is 7.11. The molecule has 2 rings (SSSR count). The molecule has 94 valence electrons. The van der Waals surface area contributed by atoms with Gasteiger partial charge in [-0.25, -0.2) is 0 Å². The van der Waals surface area contributed by atoms with E-state index in [2.05, 4.69) is 6.92 Å². The van der Waals surface area contributed by atoms with Crippen molar-refractivity contribution < 1.29 is 4.74 Å². The smallest absolute Gasteiger partial charge is 0.258 e. The van der Waals surface area contributed by atoms with Crippen molar-refractivity contribution in [2.45, 2.75) is 19.8 Å². The minimum Gasteiger partial charge on any atom is -0.493 e. The zero-order valence-corrected chi connectivity index (χ0v) is 10.5. The molecular formula is C15H17NO2. The fourth-order valence-electron chi connectivity index (χ4n) is 1.69. The maximum absolute atomic E-state index is 12.0. The van der Waals surface area contributed by atoms with Crippen LogP contribution in [-0.4, -0.2) is 11.2 Å². The third kappa shape index (κ3) is 3.00. The molecule has 0 aliphatic heterocycles. The number of rotatable bonds is 5. The maximum Gasteiger partial charge on any atom is 0.258 e. The molecule has 0 saturated carbocycles. The largest absolute Gasteiger partial charge is 0.493 e. The highest BCUT2D eigenvalue weighted by molar-refractivity contribution is 5.33. The first-order valence-electron chi connectivity index (χ1n) is 6.22. The Morgan fingerprint density at radius 2 is 1.94 bits per heavy atom. The average molecular weight is 243 g/mol. The minimum atomic E-state index is -0.0739. The van der Waals surface area contributed by atoms with Gasteiger partial charge in [0.25, 0.3) is 5.56 Å². The summed E-state index contributed by atoms with van der Waals surface area (Å²) in [6.07, 6.45) is 3.84. The molecule has 0 aliphatic rings. The van der Waals surface area contributed by atoms with Crippen molar-refractivity contribution in [3.05, 3.63) is 59.0 Å². The summed E-state index contributed by atoms with van der Waals surface area (Å²) in [5.41, 5.74) is 0.790. The second-order valence-corrected chi connectivity index (χ2v) is 4.11. The van der Waals surface area contributed by atoms with Crippen LogP contribution < -0.4 is 10.3 Å². The normalized spacial score (nSPS) is 10.3. The third-order valence-electron chi connectivity index (χ3n) is 2.69. The highest BCUT2D eigenvalue weighted by Gasteiger charge is 2.01. The van der Waals surface area contributed by atoms with E-state index in [-0.39, 0.29) is 5.56 Å². The van der Waals surface area contributed by atoms with E-state index in [1.807, 2.05) is 36.4 Å². The van der Waals surface area contributed by atoms with Gasteiger partial charge in [0.1, 0.15) is 5.75 Å². The Morgan fingerprint density at radius 3 is 2.61 bits per heavy atom. The van der Waals surface area contributed by atoms with Crippen LogP contribution in [0.2, 0.25) is 0 Å². The van der Waals surface area contributed by atoms with E-state index < -0.39 is 0 Å². The summed E-state index contributed by atoms with van der Waals surface area (Å²) in [6, 6.07) is 12.9. The van der Waals surface area contributed by atoms with Crippen molar-refractivity contribution in [2.75, 3.05) is 6.61 Å². The number of benzene rings is 1. The number of unbranched alkanes of at least 4 members (excludes halogenated alkanes) is 1. The summed E-state index contributed by atoms with van der Waals surface area (Å²) in [5.74, 6) is 0.639. The van der Waals surface area contributed by atoms with E-state index in [1.54, 1.807) is 10.8 Å². The van der Waals surface area contributed by atoms with Crippen molar-refractivity contribution in [1.29, 1.82) is 0 Å². The lowest BCUT2D eigenvalue weighted by molar-refractivity contribution is 0.308. The number of ether oxygens (including phenoxy) is 1. The van der Waals surface area contributed by atoms with Crippen molar-refractivity contribution in [3.8, 4) is 11.4 Å². The standard InChI is InChI=1S/C15H17NO2/c1-2-3-11-18-14-9-10-16(15(17)12-14)13-7-5-4-6-8-13/h4-10,12H,2-3,11H2,1H3. The van der Waals surface area contributed by atoms with Crippen LogP contribution in [0.15, 0.2) is 53.5 Å². The van der Waals surface area contributed by atoms with Crippen molar-refractivity contribution in [1.82, 2.24) is 4.57 Å². The molecule has 18 heavy (non-hydrogen) atoms. The summed E-state index contributed by atoms with van der Waals surface area (Å²) in [6.45, 7) is 2.77. The van der Waals surface area contributed by atoms with Crippen LogP contribution in [0.25, 0.3) is 5.69 Å². The van der Waals surface area contributed by atoms with Gasteiger partial charge in [-0.15, -0.1) is 0 Å². The fraction of sp³-hybridized carbons (Fsp3) is 0.267. The third-order valence-corrected chi connectivity index (χ3v) is 2.69. The van der Waals surface area contributed by atoms with Crippen molar-refractivity contribution in [3.63, 3.8) is 0 Å². The molecule has 0 amide bonds. The molecule has 0 aliphatic carbocycles. The lowest BCUT2D eigenvalue weighted by atomic mass is 10.3. The zero-order chi connectivity index (χ0) is 12.8. The number of para-hydroxylation sites is 1. The Balaban J connectivity index is 2.18. The van der Waals surface area contributed by atoms with Gasteiger partial charge < -0.3 is 4.74 Å². The monoisotopic (exact) mass is 243 g/mol. The zero-order valence-electron chi connectivity index (χ0n) is 10.5. The van der Waals surface area contributed by atoms with Gasteiger partial charge in [-0.3, -0.25) is 9.36 Å². The van der Waals surface area contributed by atoms with Crippen molar-refractivity contribution in [2.24, 2.45) is 0 Å². The van der Waals surface area contributed by atoms with Gasteiger partial charge in [-0.2, -0.15) is 0 Å². The SMILES string of the molecule is CCCCOc1ccn(-c2ccccc2)c(=O)c1. The summed E-state index contributed by atoms with van der Waals surface area (Å²) >= 11 is 0. The molecule has 0 saturated heterocycles. The maximum atomic E-state index is 12.0. The van der Waals surface area contributed by atoms with E-state index in [0.29, 0.717) is 12.4 Å². The van der Waals surface area contributed by atoms with Gasteiger partial charge in [-0.1, -0.05) is 31.5 Å². The number of hydrogen-bond acceptors (Lipinski definition) is 2. The molecule has 3 nitrogen and oxygen atoms in total. The topological polar surface area (TPSA) is 31.2 Å². The molecule has 0 fully saturated rings. The average Bonchev–Trinajstić information content (AvgIpc) is 2.40. The molecule has 1 aromatic carbocycles. The van der Waals surface area contributed by atoms with Gasteiger partial charge in [0.15, 0.2) is 0 Å². The van der Waals surface area contributed by atoms with E-state index in [1.165, 1.54) is 6.07 Å². The lowest BCUT2D eigenvalue weighted by Crippen LogP contribution is -2.16. The van der Waals surface area contributed by atoms with Crippen LogP contribution in [0.3, 0.4) is 0 Å². The number of aromatic nitrogens is 1. The van der Waals surface area contributed by atoms with Crippen LogP contribution in [0.1, 0.15) is 19.8 Å². The Morgan fingerprint density at radius 1 is 1.17 bits per heavy atom. The molecular weight excluding hydrogens is 226 g/mol. The van der Waals surface area contributed by atoms with E-state index in [0.717, 1.165) is 18.5 Å². The van der Waals surface area contributed by atoms with Crippen LogP contribution in [0, 0.1) is 0 Å². The molecule has 0 atom stereocenters. The number of nitrogens with zero attached hydrogens (tertiary/aromatic N) is 1. The van der Waals surface area contributed by atoms with Crippen LogP contribution >= 0.6 is 0 Å². The summed E-state index contributed by atoms with van der Waals surface area (Å²) in [4.78, 5) is 12.0. The first-order valence-corrected chi connectivity index (χ1v) is 6.22.